The Kier molecular flexibility index (Phi) is 14.3. The molecule has 1 unspecified atom stereocenters. The Bertz CT molecular complexity index is 683. The Hall–Kier alpha value is -2.39. The topological polar surface area (TPSA) is 166 Å². The van der Waals surface area contributed by atoms with Crippen molar-refractivity contribution in [3.63, 3.8) is 0 Å². The van der Waals surface area contributed by atoms with Crippen molar-refractivity contribution in [1.82, 2.24) is 0 Å². The van der Waals surface area contributed by atoms with Crippen LogP contribution in [0.2, 0.25) is 0 Å². The summed E-state index contributed by atoms with van der Waals surface area (Å²) in [5.41, 5.74) is 0. The molecule has 2 aliphatic rings. The molecule has 0 saturated heterocycles. The first-order chi connectivity index (χ1) is 15.3. The molecule has 0 aliphatic heterocycles. The first-order valence-electron chi connectivity index (χ1n) is 10.3. The van der Waals surface area contributed by atoms with Crippen LogP contribution >= 0.6 is 0 Å². The Morgan fingerprint density at radius 1 is 0.636 bits per heavy atom. The minimum absolute atomic E-state index is 0.0650. The van der Waals surface area contributed by atoms with Gasteiger partial charge in [-0.15, -0.1) is 0 Å². The fraction of sp³-hybridized carbons (Fsp3) is 0.650. The van der Waals surface area contributed by atoms with Crippen LogP contribution in [0.15, 0.2) is 0 Å². The molecule has 0 aromatic carbocycles. The third kappa shape index (κ3) is 15.1. The van der Waals surface area contributed by atoms with E-state index in [1.54, 1.807) is 0 Å². The number of hydrogen-bond acceptors (Lipinski definition) is 12. The Labute approximate surface area is 198 Å². The molecule has 2 fully saturated rings. The van der Waals surface area contributed by atoms with Gasteiger partial charge in [0.25, 0.3) is 0 Å². The molecule has 0 amide bonds. The van der Waals surface area contributed by atoms with Crippen molar-refractivity contribution in [2.24, 2.45) is 0 Å². The summed E-state index contributed by atoms with van der Waals surface area (Å²) in [5, 5.41) is 0. The number of hydrogen-bond donors (Lipinski definition) is 0. The van der Waals surface area contributed by atoms with Crippen molar-refractivity contribution < 1.29 is 49.0 Å². The second kappa shape index (κ2) is 15.4. The molecule has 2 saturated carbocycles. The second-order valence-electron chi connectivity index (χ2n) is 7.08. The maximum Gasteiger partial charge on any atom is 0.132 e. The fourth-order valence-electron chi connectivity index (χ4n) is 2.71. The van der Waals surface area contributed by atoms with Crippen LogP contribution in [0.4, 0.5) is 0 Å². The molecule has 12 nitrogen and oxygen atoms in total. The van der Waals surface area contributed by atoms with Crippen LogP contribution in [0.1, 0.15) is 79.6 Å². The third-order valence-electron chi connectivity index (χ3n) is 3.79. The summed E-state index contributed by atoms with van der Waals surface area (Å²) in [4.78, 5) is 74.9. The molecule has 1 atom stereocenters. The standard InChI is InChI=1S/C7H10O3.C5H8O.4C2H4O2.Pb/c1-5(8)10-7-4-2-3-6(7)9;6-5-3-1-2-4-5;4*1-2(3)4;/h7H,2-4H2,1H3;1-4H2;4*1H3,(H,3,4);/q;;;;;;+4/p-4. The van der Waals surface area contributed by atoms with E-state index < -0.39 is 53.0 Å². The van der Waals surface area contributed by atoms with Gasteiger partial charge in [0.2, 0.25) is 0 Å². The van der Waals surface area contributed by atoms with Gasteiger partial charge in [-0.25, -0.2) is 0 Å². The number of esters is 1. The van der Waals surface area contributed by atoms with E-state index in [1.807, 2.05) is 0 Å². The van der Waals surface area contributed by atoms with Crippen LogP contribution in [0.25, 0.3) is 0 Å². The van der Waals surface area contributed by atoms with Gasteiger partial charge < -0.3 is 4.74 Å². The molecule has 13 heteroatoms. The zero-order valence-corrected chi connectivity index (χ0v) is 23.3. The quantitative estimate of drug-likeness (QED) is 0.306. The van der Waals surface area contributed by atoms with E-state index in [1.165, 1.54) is 6.92 Å². The Morgan fingerprint density at radius 3 is 1.24 bits per heavy atom. The van der Waals surface area contributed by atoms with Crippen molar-refractivity contribution in [2.75, 3.05) is 0 Å². The zero-order valence-electron chi connectivity index (χ0n) is 19.4. The molecule has 33 heavy (non-hydrogen) atoms. The van der Waals surface area contributed by atoms with Gasteiger partial charge >= 0.3 is 110 Å². The predicted molar refractivity (Wildman–Crippen MR) is 111 cm³/mol. The number of carbonyl (C=O) groups excluding carboxylic acids is 7. The van der Waals surface area contributed by atoms with E-state index in [9.17, 15) is 33.6 Å². The van der Waals surface area contributed by atoms with Gasteiger partial charge in [0.1, 0.15) is 5.78 Å². The number of Topliss-reactive ketones (excluding diaryl/α,β-unsaturated/α-hetero) is 2. The molecule has 0 aromatic rings. The monoisotopic (exact) mass is 670 g/mol. The molecule has 0 bridgehead atoms. The van der Waals surface area contributed by atoms with E-state index in [-0.39, 0.29) is 11.8 Å². The van der Waals surface area contributed by atoms with Gasteiger partial charge in [0.15, 0.2) is 11.9 Å². The zero-order chi connectivity index (χ0) is 25.6. The first-order valence-corrected chi connectivity index (χ1v) is 16.6. The van der Waals surface area contributed by atoms with Gasteiger partial charge in [0, 0.05) is 26.2 Å². The predicted octanol–water partition coefficient (Wildman–Crippen LogP) is 1.47. The van der Waals surface area contributed by atoms with Gasteiger partial charge in [-0.05, 0) is 25.7 Å². The molecule has 0 aromatic heterocycles. The normalized spacial score (nSPS) is 16.8. The average Bonchev–Trinajstić information content (AvgIpc) is 3.24. The summed E-state index contributed by atoms with van der Waals surface area (Å²) in [6.07, 6.45) is 5.67. The number of carbonyl (C=O) groups is 7. The van der Waals surface area contributed by atoms with Crippen LogP contribution in [-0.2, 0) is 49.0 Å². The van der Waals surface area contributed by atoms with Gasteiger partial charge in [0.05, 0.1) is 0 Å². The average molecular weight is 670 g/mol. The third-order valence-corrected chi connectivity index (χ3v) is 12.2. The summed E-state index contributed by atoms with van der Waals surface area (Å²) in [6.45, 7) is 5.35. The Balaban J connectivity index is 0.000000530. The second-order valence-corrected chi connectivity index (χ2v) is 14.1. The van der Waals surface area contributed by atoms with Crippen molar-refractivity contribution in [3.05, 3.63) is 0 Å². The maximum absolute atomic E-state index is 10.9. The molecule has 2 aliphatic carbocycles. The molecule has 0 heterocycles. The Morgan fingerprint density at radius 2 is 1.03 bits per heavy atom. The molecular formula is C20H30O12Pb. The smallest absolute Gasteiger partial charge is 0.132 e. The van der Waals surface area contributed by atoms with Crippen molar-refractivity contribution >= 4 is 64.4 Å². The summed E-state index contributed by atoms with van der Waals surface area (Å²) in [5.74, 6) is -3.36. The van der Waals surface area contributed by atoms with E-state index in [4.69, 9.17) is 4.74 Å². The van der Waals surface area contributed by atoms with E-state index in [2.05, 4.69) is 10.7 Å². The summed E-state index contributed by atoms with van der Waals surface area (Å²) >= 11 is -5.43. The van der Waals surface area contributed by atoms with E-state index >= 15 is 0 Å². The molecule has 0 N–H and O–H groups in total. The number of rotatable bonds is 5. The summed E-state index contributed by atoms with van der Waals surface area (Å²) in [7, 11) is 0. The molecule has 186 valence electrons. The first kappa shape index (κ1) is 30.6. The van der Waals surface area contributed by atoms with Gasteiger partial charge in [-0.2, -0.15) is 0 Å². The van der Waals surface area contributed by atoms with Crippen molar-refractivity contribution in [1.29, 1.82) is 0 Å². The minimum atomic E-state index is -5.43. The maximum atomic E-state index is 10.9. The summed E-state index contributed by atoms with van der Waals surface area (Å²) in [6, 6.07) is 0. The number of ether oxygens (including phenoxy) is 1. The van der Waals surface area contributed by atoms with E-state index in [0.29, 0.717) is 18.6 Å². The van der Waals surface area contributed by atoms with Crippen LogP contribution in [0.5, 0.6) is 0 Å². The number of ketones is 2. The fourth-order valence-corrected chi connectivity index (χ4v) is 9.15. The van der Waals surface area contributed by atoms with Gasteiger partial charge in [-0.1, -0.05) is 0 Å². The van der Waals surface area contributed by atoms with Crippen LogP contribution in [0.3, 0.4) is 0 Å². The largest absolute Gasteiger partial charge is 0.300 e. The molecule has 2 rings (SSSR count). The van der Waals surface area contributed by atoms with Crippen LogP contribution in [0, 0.1) is 0 Å². The van der Waals surface area contributed by atoms with Crippen LogP contribution in [-0.4, -0.2) is 70.5 Å². The molecule has 0 radical (unpaired) electrons. The van der Waals surface area contributed by atoms with E-state index in [0.717, 1.165) is 59.8 Å². The van der Waals surface area contributed by atoms with Gasteiger partial charge in [-0.3, -0.25) is 14.4 Å². The molecule has 0 spiro atoms. The van der Waals surface area contributed by atoms with Crippen molar-refractivity contribution in [3.8, 4) is 0 Å². The summed E-state index contributed by atoms with van der Waals surface area (Å²) < 4.78 is 23.2. The molecular weight excluding hydrogens is 639 g/mol. The van der Waals surface area contributed by atoms with Crippen molar-refractivity contribution in [2.45, 2.75) is 85.7 Å². The van der Waals surface area contributed by atoms with Crippen LogP contribution < -0.4 is 0 Å². The SMILES string of the molecule is CC(=O)OC1CCCC1=O.CC(=O)[O][Pb]([O]C(C)=O)([O]C(C)=O)[O]C(C)=O.O=C1CCCC1. The minimum Gasteiger partial charge on any atom is -0.300 e.